The monoisotopic (exact) mass is 238 g/mol. The quantitative estimate of drug-likeness (QED) is 0.728. The smallest absolute Gasteiger partial charge is 0.0181 e. The average molecular weight is 239 g/mol. The molecule has 0 spiro atoms. The summed E-state index contributed by atoms with van der Waals surface area (Å²) in [7, 11) is 0. The van der Waals surface area contributed by atoms with E-state index in [1.54, 1.807) is 0 Å². The Kier molecular flexibility index (Phi) is 4.23. The molecule has 0 fully saturated rings. The number of benzene rings is 1. The van der Waals surface area contributed by atoms with E-state index in [1.165, 1.54) is 5.56 Å². The Bertz CT molecular complexity index is 287. The lowest BCUT2D eigenvalue weighted by molar-refractivity contribution is 0.665. The van der Waals surface area contributed by atoms with Crippen LogP contribution in [0.25, 0.3) is 6.08 Å². The lowest BCUT2D eigenvalue weighted by Crippen LogP contribution is -1.81. The van der Waals surface area contributed by atoms with Crippen LogP contribution in [0.3, 0.4) is 0 Å². The van der Waals surface area contributed by atoms with Crippen molar-refractivity contribution in [1.82, 2.24) is 0 Å². The van der Waals surface area contributed by atoms with Crippen LogP contribution in [0, 0.1) is 5.92 Å². The van der Waals surface area contributed by atoms with E-state index >= 15 is 0 Å². The van der Waals surface area contributed by atoms with Gasteiger partial charge in [-0.15, -0.1) is 0 Å². The Hall–Kier alpha value is -0.560. The summed E-state index contributed by atoms with van der Waals surface area (Å²) in [5.74, 6) is 0.739. The molecule has 0 aromatic heterocycles. The van der Waals surface area contributed by atoms with Gasteiger partial charge in [-0.2, -0.15) is 0 Å². The van der Waals surface area contributed by atoms with Crippen molar-refractivity contribution < 1.29 is 0 Å². The summed E-state index contributed by atoms with van der Waals surface area (Å²) >= 11 is 3.45. The van der Waals surface area contributed by atoms with Crippen LogP contribution in [0.5, 0.6) is 0 Å². The van der Waals surface area contributed by atoms with Gasteiger partial charge in [0, 0.05) is 4.47 Å². The van der Waals surface area contributed by atoms with E-state index in [2.05, 4.69) is 60.1 Å². The average Bonchev–Trinajstić information content (AvgIpc) is 2.03. The molecule has 0 aliphatic heterocycles. The van der Waals surface area contributed by atoms with Gasteiger partial charge in [-0.3, -0.25) is 0 Å². The van der Waals surface area contributed by atoms with Crippen molar-refractivity contribution in [3.8, 4) is 0 Å². The van der Waals surface area contributed by atoms with Gasteiger partial charge in [-0.25, -0.2) is 0 Å². The lowest BCUT2D eigenvalue weighted by atomic mass is 10.1. The number of hydrogen-bond donors (Lipinski definition) is 0. The SMILES string of the molecule is CC(C)CC=Cc1cccc(Br)c1. The molecule has 0 aliphatic carbocycles. The zero-order chi connectivity index (χ0) is 9.68. The lowest BCUT2D eigenvalue weighted by Gasteiger charge is -1.97. The van der Waals surface area contributed by atoms with Gasteiger partial charge >= 0.3 is 0 Å². The molecular formula is C12H15Br. The van der Waals surface area contributed by atoms with Crippen LogP contribution < -0.4 is 0 Å². The maximum absolute atomic E-state index is 3.45. The summed E-state index contributed by atoms with van der Waals surface area (Å²) in [4.78, 5) is 0. The molecule has 1 heteroatoms. The second kappa shape index (κ2) is 5.23. The van der Waals surface area contributed by atoms with Gasteiger partial charge in [0.25, 0.3) is 0 Å². The maximum atomic E-state index is 3.45. The van der Waals surface area contributed by atoms with Crippen molar-refractivity contribution in [2.24, 2.45) is 5.92 Å². The Morgan fingerprint density at radius 3 is 2.77 bits per heavy atom. The van der Waals surface area contributed by atoms with E-state index in [1.807, 2.05) is 6.07 Å². The molecule has 1 aromatic carbocycles. The van der Waals surface area contributed by atoms with E-state index < -0.39 is 0 Å². The van der Waals surface area contributed by atoms with Crippen molar-refractivity contribution in [2.45, 2.75) is 20.3 Å². The Labute approximate surface area is 88.8 Å². The number of rotatable bonds is 3. The van der Waals surface area contributed by atoms with E-state index in [0.717, 1.165) is 16.8 Å². The minimum atomic E-state index is 0.739. The number of hydrogen-bond acceptors (Lipinski definition) is 0. The molecule has 13 heavy (non-hydrogen) atoms. The van der Waals surface area contributed by atoms with Gasteiger partial charge in [-0.05, 0) is 30.0 Å². The van der Waals surface area contributed by atoms with E-state index in [9.17, 15) is 0 Å². The minimum absolute atomic E-state index is 0.739. The topological polar surface area (TPSA) is 0 Å². The highest BCUT2D eigenvalue weighted by molar-refractivity contribution is 9.10. The zero-order valence-corrected chi connectivity index (χ0v) is 9.71. The molecule has 1 rings (SSSR count). The standard InChI is InChI=1S/C12H15Br/c1-10(2)5-3-6-11-7-4-8-12(13)9-11/h3-4,6-10H,5H2,1-2H3. The molecule has 0 unspecified atom stereocenters. The summed E-state index contributed by atoms with van der Waals surface area (Å²) in [5.41, 5.74) is 1.26. The minimum Gasteiger partial charge on any atom is -0.0837 e. The van der Waals surface area contributed by atoms with Crippen molar-refractivity contribution in [3.63, 3.8) is 0 Å². The highest BCUT2D eigenvalue weighted by atomic mass is 79.9. The summed E-state index contributed by atoms with van der Waals surface area (Å²) < 4.78 is 1.14. The highest BCUT2D eigenvalue weighted by Gasteiger charge is 1.90. The van der Waals surface area contributed by atoms with Gasteiger partial charge in [0.1, 0.15) is 0 Å². The Morgan fingerprint density at radius 2 is 2.15 bits per heavy atom. The molecule has 1 aromatic rings. The predicted molar refractivity (Wildman–Crippen MR) is 62.6 cm³/mol. The molecule has 0 atom stereocenters. The molecule has 0 aliphatic rings. The third kappa shape index (κ3) is 4.28. The maximum Gasteiger partial charge on any atom is 0.0181 e. The first-order valence-electron chi connectivity index (χ1n) is 4.60. The van der Waals surface area contributed by atoms with Crippen LogP contribution in [-0.2, 0) is 0 Å². The van der Waals surface area contributed by atoms with Gasteiger partial charge < -0.3 is 0 Å². The molecule has 0 nitrogen and oxygen atoms in total. The molecule has 0 N–H and O–H groups in total. The second-order valence-electron chi connectivity index (χ2n) is 3.59. The Morgan fingerprint density at radius 1 is 1.38 bits per heavy atom. The van der Waals surface area contributed by atoms with E-state index in [4.69, 9.17) is 0 Å². The first-order chi connectivity index (χ1) is 6.18. The molecule has 0 heterocycles. The Balaban J connectivity index is 2.58. The fourth-order valence-electron chi connectivity index (χ4n) is 1.09. The summed E-state index contributed by atoms with van der Waals surface area (Å²) in [6.07, 6.45) is 5.55. The third-order valence-corrected chi connectivity index (χ3v) is 2.26. The molecule has 0 radical (unpaired) electrons. The van der Waals surface area contributed by atoms with E-state index in [0.29, 0.717) is 0 Å². The largest absolute Gasteiger partial charge is 0.0837 e. The summed E-state index contributed by atoms with van der Waals surface area (Å²) in [6, 6.07) is 8.33. The number of halogens is 1. The predicted octanol–water partition coefficient (Wildman–Crippen LogP) is 4.51. The second-order valence-corrected chi connectivity index (χ2v) is 4.50. The first-order valence-corrected chi connectivity index (χ1v) is 5.40. The molecular weight excluding hydrogens is 224 g/mol. The highest BCUT2D eigenvalue weighted by Crippen LogP contribution is 2.13. The van der Waals surface area contributed by atoms with Crippen molar-refractivity contribution in [1.29, 1.82) is 0 Å². The van der Waals surface area contributed by atoms with Crippen molar-refractivity contribution >= 4 is 22.0 Å². The first kappa shape index (κ1) is 10.5. The number of allylic oxidation sites excluding steroid dienone is 1. The molecule has 0 amide bonds. The molecule has 70 valence electrons. The van der Waals surface area contributed by atoms with Crippen LogP contribution >= 0.6 is 15.9 Å². The fraction of sp³-hybridized carbons (Fsp3) is 0.333. The van der Waals surface area contributed by atoms with Crippen molar-refractivity contribution in [2.75, 3.05) is 0 Å². The normalized spacial score (nSPS) is 11.4. The third-order valence-electron chi connectivity index (χ3n) is 1.77. The van der Waals surface area contributed by atoms with E-state index in [-0.39, 0.29) is 0 Å². The van der Waals surface area contributed by atoms with Gasteiger partial charge in [0.2, 0.25) is 0 Å². The summed E-state index contributed by atoms with van der Waals surface area (Å²) in [5, 5.41) is 0. The fourth-order valence-corrected chi connectivity index (χ4v) is 1.50. The van der Waals surface area contributed by atoms with Crippen LogP contribution in [0.1, 0.15) is 25.8 Å². The van der Waals surface area contributed by atoms with Crippen LogP contribution in [-0.4, -0.2) is 0 Å². The zero-order valence-electron chi connectivity index (χ0n) is 8.13. The molecule has 0 bridgehead atoms. The van der Waals surface area contributed by atoms with Crippen LogP contribution in [0.4, 0.5) is 0 Å². The van der Waals surface area contributed by atoms with Gasteiger partial charge in [-0.1, -0.05) is 54.1 Å². The van der Waals surface area contributed by atoms with Crippen LogP contribution in [0.15, 0.2) is 34.8 Å². The van der Waals surface area contributed by atoms with Crippen LogP contribution in [0.2, 0.25) is 0 Å². The summed E-state index contributed by atoms with van der Waals surface area (Å²) in [6.45, 7) is 4.45. The van der Waals surface area contributed by atoms with Crippen molar-refractivity contribution in [3.05, 3.63) is 40.4 Å². The van der Waals surface area contributed by atoms with Gasteiger partial charge in [0.15, 0.2) is 0 Å². The molecule has 0 saturated heterocycles. The molecule has 0 saturated carbocycles. The van der Waals surface area contributed by atoms with Gasteiger partial charge in [0.05, 0.1) is 0 Å².